The molecule has 0 aliphatic carbocycles. The second-order valence-electron chi connectivity index (χ2n) is 7.31. The second-order valence-corrected chi connectivity index (χ2v) is 7.31. The van der Waals surface area contributed by atoms with Crippen LogP contribution >= 0.6 is 0 Å². The quantitative estimate of drug-likeness (QED) is 0.570. The largest absolute Gasteiger partial charge is 0.361 e. The van der Waals surface area contributed by atoms with Gasteiger partial charge in [0.25, 0.3) is 5.56 Å². The Morgan fingerprint density at radius 1 is 1.07 bits per heavy atom. The lowest BCUT2D eigenvalue weighted by molar-refractivity contribution is -0.131. The number of aromatic amines is 2. The molecule has 4 aromatic rings. The van der Waals surface area contributed by atoms with Gasteiger partial charge in [0.15, 0.2) is 0 Å². The first kappa shape index (κ1) is 17.4. The zero-order chi connectivity index (χ0) is 19.8. The molecule has 6 nitrogen and oxygen atoms in total. The van der Waals surface area contributed by atoms with E-state index in [-0.39, 0.29) is 11.5 Å². The molecule has 1 aliphatic rings. The molecule has 1 aliphatic heterocycles. The molecule has 0 radical (unpaired) electrons. The smallest absolute Gasteiger partial charge is 0.254 e. The van der Waals surface area contributed by atoms with Crippen LogP contribution in [-0.4, -0.2) is 32.3 Å². The van der Waals surface area contributed by atoms with Gasteiger partial charge in [-0.1, -0.05) is 48.5 Å². The predicted molar refractivity (Wildman–Crippen MR) is 111 cm³/mol. The molecule has 0 unspecified atom stereocenters. The van der Waals surface area contributed by atoms with Crippen LogP contribution in [0.25, 0.3) is 22.3 Å². The van der Waals surface area contributed by atoms with Gasteiger partial charge in [0.1, 0.15) is 5.82 Å². The van der Waals surface area contributed by atoms with Crippen molar-refractivity contribution in [2.24, 2.45) is 0 Å². The topological polar surface area (TPSA) is 81.8 Å². The van der Waals surface area contributed by atoms with Crippen molar-refractivity contribution in [3.63, 3.8) is 0 Å². The normalized spacial score (nSPS) is 13.4. The van der Waals surface area contributed by atoms with Crippen molar-refractivity contribution in [2.75, 3.05) is 6.54 Å². The predicted octanol–water partition coefficient (Wildman–Crippen LogP) is 3.05. The summed E-state index contributed by atoms with van der Waals surface area (Å²) in [5.41, 5.74) is 4.12. The van der Waals surface area contributed by atoms with Crippen molar-refractivity contribution >= 4 is 16.8 Å². The Morgan fingerprint density at radius 2 is 1.86 bits per heavy atom. The molecular weight excluding hydrogens is 364 g/mol. The third-order valence-corrected chi connectivity index (χ3v) is 5.49. The summed E-state index contributed by atoms with van der Waals surface area (Å²) >= 11 is 0. The van der Waals surface area contributed by atoms with E-state index < -0.39 is 0 Å². The Balaban J connectivity index is 1.40. The molecule has 0 fully saturated rings. The van der Waals surface area contributed by atoms with E-state index in [1.165, 1.54) is 0 Å². The molecular formula is C23H20N4O2. The van der Waals surface area contributed by atoms with Crippen LogP contribution in [0.1, 0.15) is 16.8 Å². The van der Waals surface area contributed by atoms with Gasteiger partial charge in [0, 0.05) is 34.8 Å². The van der Waals surface area contributed by atoms with E-state index in [0.717, 1.165) is 22.0 Å². The third-order valence-electron chi connectivity index (χ3n) is 5.49. The fraction of sp³-hybridized carbons (Fsp3) is 0.174. The third kappa shape index (κ3) is 3.23. The van der Waals surface area contributed by atoms with Crippen LogP contribution in [0.3, 0.4) is 0 Å². The molecule has 29 heavy (non-hydrogen) atoms. The fourth-order valence-electron chi connectivity index (χ4n) is 3.94. The highest BCUT2D eigenvalue weighted by atomic mass is 16.2. The number of H-pyrrole nitrogens is 2. The zero-order valence-electron chi connectivity index (χ0n) is 15.8. The molecule has 2 aromatic heterocycles. The monoisotopic (exact) mass is 384 g/mol. The summed E-state index contributed by atoms with van der Waals surface area (Å²) in [7, 11) is 0. The van der Waals surface area contributed by atoms with Crippen LogP contribution in [0.5, 0.6) is 0 Å². The van der Waals surface area contributed by atoms with Crippen molar-refractivity contribution in [3.05, 3.63) is 88.0 Å². The van der Waals surface area contributed by atoms with E-state index in [9.17, 15) is 9.59 Å². The highest BCUT2D eigenvalue weighted by Gasteiger charge is 2.25. The number of carbonyl (C=O) groups excluding carboxylic acids is 1. The van der Waals surface area contributed by atoms with Crippen molar-refractivity contribution < 1.29 is 4.79 Å². The molecule has 0 saturated carbocycles. The maximum atomic E-state index is 13.0. The molecule has 0 atom stereocenters. The van der Waals surface area contributed by atoms with Crippen molar-refractivity contribution in [1.82, 2.24) is 19.9 Å². The van der Waals surface area contributed by atoms with E-state index in [0.29, 0.717) is 43.0 Å². The number of fused-ring (bicyclic) bond motifs is 2. The average Bonchev–Trinajstić information content (AvgIpc) is 3.17. The Kier molecular flexibility index (Phi) is 4.24. The van der Waals surface area contributed by atoms with Gasteiger partial charge in [-0.3, -0.25) is 9.59 Å². The van der Waals surface area contributed by atoms with Crippen molar-refractivity contribution in [2.45, 2.75) is 19.4 Å². The molecule has 1 amide bonds. The van der Waals surface area contributed by atoms with Crippen LogP contribution in [0.15, 0.2) is 65.6 Å². The number of hydrogen-bond donors (Lipinski definition) is 2. The van der Waals surface area contributed by atoms with E-state index in [1.807, 2.05) is 60.8 Å². The first-order valence-corrected chi connectivity index (χ1v) is 9.69. The first-order valence-electron chi connectivity index (χ1n) is 9.69. The summed E-state index contributed by atoms with van der Waals surface area (Å²) in [4.78, 5) is 38.1. The maximum Gasteiger partial charge on any atom is 0.254 e. The number of aromatic nitrogens is 3. The molecule has 6 heteroatoms. The highest BCUT2D eigenvalue weighted by Crippen LogP contribution is 2.22. The molecule has 2 aromatic carbocycles. The van der Waals surface area contributed by atoms with Crippen LogP contribution < -0.4 is 5.56 Å². The number of carbonyl (C=O) groups is 1. The number of hydrogen-bond acceptors (Lipinski definition) is 3. The van der Waals surface area contributed by atoms with Crippen LogP contribution in [-0.2, 0) is 24.2 Å². The van der Waals surface area contributed by atoms with E-state index >= 15 is 0 Å². The lowest BCUT2D eigenvalue weighted by Gasteiger charge is -2.28. The van der Waals surface area contributed by atoms with Gasteiger partial charge in [-0.2, -0.15) is 0 Å². The Bertz CT molecular complexity index is 1260. The van der Waals surface area contributed by atoms with Crippen LogP contribution in [0, 0.1) is 0 Å². The first-order chi connectivity index (χ1) is 14.2. The van der Waals surface area contributed by atoms with Gasteiger partial charge < -0.3 is 14.9 Å². The molecule has 5 rings (SSSR count). The minimum absolute atomic E-state index is 0.0451. The summed E-state index contributed by atoms with van der Waals surface area (Å²) in [6.07, 6.45) is 2.75. The fourth-order valence-corrected chi connectivity index (χ4v) is 3.94. The minimum atomic E-state index is -0.113. The molecule has 2 N–H and O–H groups in total. The van der Waals surface area contributed by atoms with Crippen molar-refractivity contribution in [1.29, 1.82) is 0 Å². The lowest BCUT2D eigenvalue weighted by Crippen LogP contribution is -2.39. The molecule has 144 valence electrons. The SMILES string of the molecule is O=C(Cc1c[nH]c2ccccc12)N1CCc2c(nc(-c3ccccc3)[nH]c2=O)C1. The summed E-state index contributed by atoms with van der Waals surface area (Å²) in [6.45, 7) is 0.893. The lowest BCUT2D eigenvalue weighted by atomic mass is 10.0. The molecule has 0 spiro atoms. The van der Waals surface area contributed by atoms with Gasteiger partial charge in [-0.25, -0.2) is 4.98 Å². The number of amides is 1. The highest BCUT2D eigenvalue weighted by molar-refractivity contribution is 5.89. The maximum absolute atomic E-state index is 13.0. The standard InChI is InChI=1S/C23H20N4O2/c28-21(12-16-13-24-19-9-5-4-8-17(16)19)27-11-10-18-20(14-27)25-22(26-23(18)29)15-6-2-1-3-7-15/h1-9,13,24H,10-12,14H2,(H,25,26,29). The van der Waals surface area contributed by atoms with Gasteiger partial charge in [-0.05, 0) is 18.1 Å². The number of para-hydroxylation sites is 1. The summed E-state index contributed by atoms with van der Waals surface area (Å²) < 4.78 is 0. The zero-order valence-corrected chi connectivity index (χ0v) is 15.8. The number of rotatable bonds is 3. The van der Waals surface area contributed by atoms with E-state index in [4.69, 9.17) is 0 Å². The van der Waals surface area contributed by atoms with Crippen molar-refractivity contribution in [3.8, 4) is 11.4 Å². The van der Waals surface area contributed by atoms with Crippen LogP contribution in [0.4, 0.5) is 0 Å². The van der Waals surface area contributed by atoms with Gasteiger partial charge >= 0.3 is 0 Å². The Hall–Kier alpha value is -3.67. The summed E-state index contributed by atoms with van der Waals surface area (Å²) in [5.74, 6) is 0.587. The summed E-state index contributed by atoms with van der Waals surface area (Å²) in [5, 5.41) is 1.07. The average molecular weight is 384 g/mol. The van der Waals surface area contributed by atoms with Gasteiger partial charge in [0.05, 0.1) is 18.7 Å². The van der Waals surface area contributed by atoms with Crippen LogP contribution in [0.2, 0.25) is 0 Å². The molecule has 0 bridgehead atoms. The summed E-state index contributed by atoms with van der Waals surface area (Å²) in [6, 6.07) is 17.5. The van der Waals surface area contributed by atoms with E-state index in [2.05, 4.69) is 15.0 Å². The van der Waals surface area contributed by atoms with Gasteiger partial charge in [-0.15, -0.1) is 0 Å². The Labute approximate surface area is 167 Å². The number of nitrogens with zero attached hydrogens (tertiary/aromatic N) is 2. The minimum Gasteiger partial charge on any atom is -0.361 e. The Morgan fingerprint density at radius 3 is 2.72 bits per heavy atom. The second kappa shape index (κ2) is 7.05. The van der Waals surface area contributed by atoms with E-state index in [1.54, 1.807) is 4.90 Å². The number of nitrogens with one attached hydrogen (secondary N) is 2. The van der Waals surface area contributed by atoms with Gasteiger partial charge in [0.2, 0.25) is 5.91 Å². The molecule has 3 heterocycles. The molecule has 0 saturated heterocycles. The number of benzene rings is 2.